The molecule has 0 radical (unpaired) electrons. The highest BCUT2D eigenvalue weighted by Gasteiger charge is 2.31. The number of hydrogen-bond acceptors (Lipinski definition) is 5. The Balaban J connectivity index is 1.76. The molecule has 196 valence electrons. The molecule has 0 saturated heterocycles. The second kappa shape index (κ2) is 11.8. The van der Waals surface area contributed by atoms with E-state index < -0.39 is 28.5 Å². The van der Waals surface area contributed by atoms with Crippen molar-refractivity contribution in [3.63, 3.8) is 0 Å². The first-order valence-corrected chi connectivity index (χ1v) is 13.5. The highest BCUT2D eigenvalue weighted by Crippen LogP contribution is 2.36. The average molecular weight is 531 g/mol. The van der Waals surface area contributed by atoms with E-state index in [1.807, 2.05) is 61.5 Å². The van der Waals surface area contributed by atoms with E-state index in [0.717, 1.165) is 21.0 Å². The molecule has 1 amide bonds. The maximum Gasteiger partial charge on any atom is 0.264 e. The molecule has 0 heterocycles. The van der Waals surface area contributed by atoms with E-state index in [9.17, 15) is 13.2 Å². The summed E-state index contributed by atoms with van der Waals surface area (Å²) in [5.41, 5.74) is 3.00. The zero-order valence-electron chi connectivity index (χ0n) is 21.5. The lowest BCUT2D eigenvalue weighted by Gasteiger charge is -2.28. The van der Waals surface area contributed by atoms with Crippen LogP contribution < -0.4 is 19.1 Å². The number of methoxy groups -OCH3 is 2. The summed E-state index contributed by atoms with van der Waals surface area (Å²) in [6, 6.07) is 29.7. The summed E-state index contributed by atoms with van der Waals surface area (Å²) in [4.78, 5) is 13.7. The Morgan fingerprint density at radius 3 is 2.11 bits per heavy atom. The summed E-state index contributed by atoms with van der Waals surface area (Å²) < 4.78 is 39.6. The van der Waals surface area contributed by atoms with Gasteiger partial charge in [-0.1, -0.05) is 72.8 Å². The number of carbonyl (C=O) groups excluding carboxylic acids is 1. The number of carbonyl (C=O) groups is 1. The highest BCUT2D eigenvalue weighted by molar-refractivity contribution is 7.92. The van der Waals surface area contributed by atoms with Gasteiger partial charge in [-0.2, -0.15) is 0 Å². The van der Waals surface area contributed by atoms with Crippen molar-refractivity contribution in [2.24, 2.45) is 0 Å². The molecular formula is C30H30N2O5S. The van der Waals surface area contributed by atoms with Crippen LogP contribution in [0.4, 0.5) is 5.69 Å². The lowest BCUT2D eigenvalue weighted by molar-refractivity contribution is -0.120. The van der Waals surface area contributed by atoms with Crippen molar-refractivity contribution in [1.29, 1.82) is 0 Å². The van der Waals surface area contributed by atoms with Crippen LogP contribution in [-0.4, -0.2) is 35.1 Å². The van der Waals surface area contributed by atoms with Gasteiger partial charge in [-0.05, 0) is 47.9 Å². The van der Waals surface area contributed by atoms with Gasteiger partial charge in [0.1, 0.15) is 18.0 Å². The van der Waals surface area contributed by atoms with Gasteiger partial charge in [-0.25, -0.2) is 8.42 Å². The number of hydrogen-bond donors (Lipinski definition) is 1. The lowest BCUT2D eigenvalue weighted by Crippen LogP contribution is -2.42. The standard InChI is InChI=1S/C30H30N2O5S/c1-22-12-10-11-17-26(22)30(23-13-6-4-7-14-23)31-29(33)21-32(38(34,35)25-15-8-5-9-16-25)27-20-24(36-2)18-19-28(27)37-3/h4-20,30H,21H2,1-3H3,(H,31,33)/t30-/m1/s1. The Morgan fingerprint density at radius 1 is 0.842 bits per heavy atom. The van der Waals surface area contributed by atoms with Crippen molar-refractivity contribution in [3.8, 4) is 11.5 Å². The van der Waals surface area contributed by atoms with Crippen molar-refractivity contribution < 1.29 is 22.7 Å². The second-order valence-corrected chi connectivity index (χ2v) is 10.5. The molecule has 0 aromatic heterocycles. The predicted octanol–water partition coefficient (Wildman–Crippen LogP) is 5.11. The van der Waals surface area contributed by atoms with Gasteiger partial charge in [0.15, 0.2) is 0 Å². The number of benzene rings is 4. The first kappa shape index (κ1) is 26.8. The number of aryl methyl sites for hydroxylation is 1. The van der Waals surface area contributed by atoms with Crippen molar-refractivity contribution in [3.05, 3.63) is 120 Å². The van der Waals surface area contributed by atoms with Crippen molar-refractivity contribution in [1.82, 2.24) is 5.32 Å². The van der Waals surface area contributed by atoms with Crippen LogP contribution in [-0.2, 0) is 14.8 Å². The van der Waals surface area contributed by atoms with E-state index in [1.54, 1.807) is 36.4 Å². The van der Waals surface area contributed by atoms with Gasteiger partial charge in [-0.3, -0.25) is 9.10 Å². The molecule has 0 aliphatic rings. The third-order valence-electron chi connectivity index (χ3n) is 6.21. The van der Waals surface area contributed by atoms with Gasteiger partial charge < -0.3 is 14.8 Å². The number of amides is 1. The number of ether oxygens (including phenoxy) is 2. The lowest BCUT2D eigenvalue weighted by atomic mass is 9.95. The van der Waals surface area contributed by atoms with E-state index in [1.165, 1.54) is 26.4 Å². The first-order chi connectivity index (χ1) is 18.3. The minimum absolute atomic E-state index is 0.0520. The van der Waals surface area contributed by atoms with Crippen molar-refractivity contribution in [2.45, 2.75) is 17.9 Å². The van der Waals surface area contributed by atoms with Crippen LogP contribution in [0.5, 0.6) is 11.5 Å². The molecule has 1 N–H and O–H groups in total. The van der Waals surface area contributed by atoms with Crippen LogP contribution in [0, 0.1) is 6.92 Å². The molecule has 0 fully saturated rings. The smallest absolute Gasteiger partial charge is 0.264 e. The quantitative estimate of drug-likeness (QED) is 0.308. The Bertz CT molecular complexity index is 1490. The molecule has 0 unspecified atom stereocenters. The zero-order valence-corrected chi connectivity index (χ0v) is 22.3. The van der Waals surface area contributed by atoms with Gasteiger partial charge in [-0.15, -0.1) is 0 Å². The maximum atomic E-state index is 13.9. The third kappa shape index (κ3) is 5.81. The third-order valence-corrected chi connectivity index (χ3v) is 7.98. The molecule has 1 atom stereocenters. The number of anilines is 1. The van der Waals surface area contributed by atoms with Crippen LogP contribution in [0.2, 0.25) is 0 Å². The molecule has 4 aromatic carbocycles. The van der Waals surface area contributed by atoms with Gasteiger partial charge in [0.05, 0.1) is 30.8 Å². The molecule has 0 aliphatic heterocycles. The number of nitrogens with zero attached hydrogens (tertiary/aromatic N) is 1. The first-order valence-electron chi connectivity index (χ1n) is 12.0. The number of rotatable bonds is 10. The summed E-state index contributed by atoms with van der Waals surface area (Å²) in [6.07, 6.45) is 0. The topological polar surface area (TPSA) is 84.9 Å². The van der Waals surface area contributed by atoms with Crippen molar-refractivity contribution >= 4 is 21.6 Å². The number of nitrogens with one attached hydrogen (secondary N) is 1. The van der Waals surface area contributed by atoms with Crippen LogP contribution in [0.3, 0.4) is 0 Å². The van der Waals surface area contributed by atoms with Crippen LogP contribution in [0.1, 0.15) is 22.7 Å². The summed E-state index contributed by atoms with van der Waals surface area (Å²) in [7, 11) is -1.21. The Hall–Kier alpha value is -4.30. The minimum atomic E-state index is -4.14. The van der Waals surface area contributed by atoms with Gasteiger partial charge in [0.25, 0.3) is 10.0 Å². The van der Waals surface area contributed by atoms with Crippen LogP contribution in [0.15, 0.2) is 108 Å². The summed E-state index contributed by atoms with van der Waals surface area (Å²) in [5, 5.41) is 3.06. The summed E-state index contributed by atoms with van der Waals surface area (Å²) in [6.45, 7) is 1.50. The fourth-order valence-corrected chi connectivity index (χ4v) is 5.69. The normalized spacial score (nSPS) is 11.9. The zero-order chi connectivity index (χ0) is 27.1. The molecule has 38 heavy (non-hydrogen) atoms. The molecule has 4 rings (SSSR count). The monoisotopic (exact) mass is 530 g/mol. The predicted molar refractivity (Wildman–Crippen MR) is 148 cm³/mol. The largest absolute Gasteiger partial charge is 0.497 e. The Kier molecular flexibility index (Phi) is 8.33. The van der Waals surface area contributed by atoms with Crippen LogP contribution >= 0.6 is 0 Å². The van der Waals surface area contributed by atoms with E-state index in [0.29, 0.717) is 5.75 Å². The fraction of sp³-hybridized carbons (Fsp3) is 0.167. The van der Waals surface area contributed by atoms with Crippen molar-refractivity contribution in [2.75, 3.05) is 25.1 Å². The minimum Gasteiger partial charge on any atom is -0.497 e. The molecule has 0 saturated carbocycles. The van der Waals surface area contributed by atoms with E-state index >= 15 is 0 Å². The second-order valence-electron chi connectivity index (χ2n) is 8.63. The van der Waals surface area contributed by atoms with Gasteiger partial charge in [0.2, 0.25) is 5.91 Å². The van der Waals surface area contributed by atoms with Gasteiger partial charge in [0, 0.05) is 6.07 Å². The average Bonchev–Trinajstić information content (AvgIpc) is 2.95. The Labute approximate surface area is 223 Å². The van der Waals surface area contributed by atoms with Gasteiger partial charge >= 0.3 is 0 Å². The molecule has 7 nitrogen and oxygen atoms in total. The number of sulfonamides is 1. The van der Waals surface area contributed by atoms with E-state index in [2.05, 4.69) is 5.32 Å². The molecular weight excluding hydrogens is 500 g/mol. The summed E-state index contributed by atoms with van der Waals surface area (Å²) >= 11 is 0. The van der Waals surface area contributed by atoms with E-state index in [4.69, 9.17) is 9.47 Å². The molecule has 8 heteroatoms. The van der Waals surface area contributed by atoms with Crippen LogP contribution in [0.25, 0.3) is 0 Å². The molecule has 0 aliphatic carbocycles. The SMILES string of the molecule is COc1ccc(OC)c(N(CC(=O)N[C@H](c2ccccc2)c2ccccc2C)S(=O)(=O)c2ccccc2)c1. The Morgan fingerprint density at radius 2 is 1.47 bits per heavy atom. The highest BCUT2D eigenvalue weighted by atomic mass is 32.2. The summed E-state index contributed by atoms with van der Waals surface area (Å²) in [5.74, 6) is 0.236. The van der Waals surface area contributed by atoms with E-state index in [-0.39, 0.29) is 16.3 Å². The maximum absolute atomic E-state index is 13.9. The fourth-order valence-electron chi connectivity index (χ4n) is 4.24. The molecule has 0 bridgehead atoms. The molecule has 4 aromatic rings. The molecule has 0 spiro atoms.